The number of rotatable bonds is 12. The monoisotopic (exact) mass is 597 g/mol. The van der Waals surface area contributed by atoms with Crippen molar-refractivity contribution in [1.29, 1.82) is 0 Å². The zero-order chi connectivity index (χ0) is 29.5. The van der Waals surface area contributed by atoms with Gasteiger partial charge in [0.1, 0.15) is 23.0 Å². The topological polar surface area (TPSA) is 153 Å². The van der Waals surface area contributed by atoms with E-state index < -0.39 is 11.9 Å². The number of benzene rings is 3. The SMILES string of the molecule is COc1cc(OC)cc(-c2nc(S/C(=C\c3cc(Cl)c(OCc4cccc(C(=O)O)c4)c(OC)c3)C(=O)O)n[nH]2)c1. The summed E-state index contributed by atoms with van der Waals surface area (Å²) in [7, 11) is 4.49. The smallest absolute Gasteiger partial charge is 0.342 e. The molecular formula is C28H24ClN3O8S. The minimum absolute atomic E-state index is 0.0366. The highest BCUT2D eigenvalue weighted by Crippen LogP contribution is 2.38. The van der Waals surface area contributed by atoms with Crippen LogP contribution in [0.4, 0.5) is 0 Å². The van der Waals surface area contributed by atoms with Crippen LogP contribution in [0.15, 0.2) is 64.7 Å². The first-order valence-corrected chi connectivity index (χ1v) is 13.0. The van der Waals surface area contributed by atoms with Gasteiger partial charge in [-0.25, -0.2) is 14.6 Å². The number of hydrogen-bond acceptors (Lipinski definition) is 9. The van der Waals surface area contributed by atoms with Crippen molar-refractivity contribution in [2.75, 3.05) is 21.3 Å². The Bertz CT molecular complexity index is 1600. The van der Waals surface area contributed by atoms with Crippen LogP contribution in [0.1, 0.15) is 21.5 Å². The number of thioether (sulfide) groups is 1. The van der Waals surface area contributed by atoms with Crippen molar-refractivity contribution in [2.45, 2.75) is 11.8 Å². The van der Waals surface area contributed by atoms with Gasteiger partial charge in [-0.15, -0.1) is 5.10 Å². The maximum absolute atomic E-state index is 12.1. The number of H-pyrrole nitrogens is 1. The first kappa shape index (κ1) is 29.3. The Morgan fingerprint density at radius 1 is 1.00 bits per heavy atom. The van der Waals surface area contributed by atoms with Crippen LogP contribution in [0.25, 0.3) is 17.5 Å². The number of hydrogen-bond donors (Lipinski definition) is 3. The molecule has 0 aliphatic rings. The average molecular weight is 598 g/mol. The van der Waals surface area contributed by atoms with Crippen LogP contribution in [-0.2, 0) is 11.4 Å². The summed E-state index contributed by atoms with van der Waals surface area (Å²) in [5.74, 6) is -0.240. The van der Waals surface area contributed by atoms with Crippen molar-refractivity contribution in [1.82, 2.24) is 15.2 Å². The van der Waals surface area contributed by atoms with E-state index in [1.807, 2.05) is 0 Å². The first-order valence-electron chi connectivity index (χ1n) is 11.8. The minimum atomic E-state index is -1.20. The van der Waals surface area contributed by atoms with Crippen LogP contribution in [0.3, 0.4) is 0 Å². The van der Waals surface area contributed by atoms with E-state index in [2.05, 4.69) is 15.2 Å². The fourth-order valence-electron chi connectivity index (χ4n) is 3.66. The van der Waals surface area contributed by atoms with E-state index >= 15 is 0 Å². The highest BCUT2D eigenvalue weighted by atomic mass is 35.5. The summed E-state index contributed by atoms with van der Waals surface area (Å²) in [4.78, 5) is 27.6. The van der Waals surface area contributed by atoms with Crippen molar-refractivity contribution in [3.05, 3.63) is 81.2 Å². The number of nitrogens with zero attached hydrogens (tertiary/aromatic N) is 2. The van der Waals surface area contributed by atoms with E-state index in [1.165, 1.54) is 45.6 Å². The molecule has 11 nitrogen and oxygen atoms in total. The molecule has 3 N–H and O–H groups in total. The molecule has 0 amide bonds. The molecule has 0 radical (unpaired) electrons. The van der Waals surface area contributed by atoms with E-state index in [-0.39, 0.29) is 38.8 Å². The summed E-state index contributed by atoms with van der Waals surface area (Å²) in [6.07, 6.45) is 1.41. The second-order valence-corrected chi connectivity index (χ2v) is 9.73. The maximum Gasteiger partial charge on any atom is 0.342 e. The second kappa shape index (κ2) is 13.1. The molecule has 0 atom stereocenters. The summed E-state index contributed by atoms with van der Waals surface area (Å²) in [5, 5.41) is 26.3. The normalized spacial score (nSPS) is 11.2. The molecule has 1 heterocycles. The number of methoxy groups -OCH3 is 3. The van der Waals surface area contributed by atoms with Gasteiger partial charge in [0.05, 0.1) is 31.9 Å². The molecule has 0 saturated carbocycles. The summed E-state index contributed by atoms with van der Waals surface area (Å²) in [5.41, 5.74) is 1.83. The van der Waals surface area contributed by atoms with Crippen molar-refractivity contribution in [2.24, 2.45) is 0 Å². The lowest BCUT2D eigenvalue weighted by molar-refractivity contribution is -0.131. The van der Waals surface area contributed by atoms with E-state index in [0.717, 1.165) is 11.8 Å². The fraction of sp³-hybridized carbons (Fsp3) is 0.143. The zero-order valence-electron chi connectivity index (χ0n) is 22.0. The minimum Gasteiger partial charge on any atom is -0.497 e. The Balaban J connectivity index is 1.56. The molecule has 0 saturated heterocycles. The molecule has 0 spiro atoms. The predicted octanol–water partition coefficient (Wildman–Crippen LogP) is 5.65. The zero-order valence-corrected chi connectivity index (χ0v) is 23.6. The van der Waals surface area contributed by atoms with Crippen LogP contribution in [-0.4, -0.2) is 58.7 Å². The molecule has 0 aliphatic carbocycles. The van der Waals surface area contributed by atoms with Crippen LogP contribution >= 0.6 is 23.4 Å². The molecule has 4 aromatic rings. The molecule has 13 heteroatoms. The van der Waals surface area contributed by atoms with Gasteiger partial charge >= 0.3 is 11.9 Å². The Labute approximate surface area is 243 Å². The van der Waals surface area contributed by atoms with Crippen molar-refractivity contribution < 1.29 is 38.7 Å². The van der Waals surface area contributed by atoms with E-state index in [1.54, 1.807) is 36.4 Å². The van der Waals surface area contributed by atoms with Crippen molar-refractivity contribution >= 4 is 41.4 Å². The average Bonchev–Trinajstić information content (AvgIpc) is 3.44. The number of ether oxygens (including phenoxy) is 4. The molecule has 41 heavy (non-hydrogen) atoms. The van der Waals surface area contributed by atoms with E-state index in [9.17, 15) is 19.8 Å². The Morgan fingerprint density at radius 2 is 1.73 bits per heavy atom. The third-order valence-corrected chi connectivity index (χ3v) is 6.77. The largest absolute Gasteiger partial charge is 0.497 e. The van der Waals surface area contributed by atoms with Gasteiger partial charge in [0.2, 0.25) is 5.16 Å². The lowest BCUT2D eigenvalue weighted by Gasteiger charge is -2.14. The third-order valence-electron chi connectivity index (χ3n) is 5.61. The lowest BCUT2D eigenvalue weighted by Crippen LogP contribution is -2.02. The van der Waals surface area contributed by atoms with Gasteiger partial charge in [-0.3, -0.25) is 5.10 Å². The van der Waals surface area contributed by atoms with Crippen molar-refractivity contribution in [3.63, 3.8) is 0 Å². The Kier molecular flexibility index (Phi) is 9.37. The molecule has 0 aliphatic heterocycles. The van der Waals surface area contributed by atoms with Gasteiger partial charge in [-0.1, -0.05) is 23.7 Å². The van der Waals surface area contributed by atoms with Gasteiger partial charge in [-0.05, 0) is 65.4 Å². The summed E-state index contributed by atoms with van der Waals surface area (Å²) >= 11 is 7.32. The van der Waals surface area contributed by atoms with Crippen LogP contribution < -0.4 is 18.9 Å². The number of aromatic amines is 1. The number of carboxylic acid groups (broad SMARTS) is 2. The van der Waals surface area contributed by atoms with Gasteiger partial charge in [0.15, 0.2) is 17.3 Å². The van der Waals surface area contributed by atoms with Crippen molar-refractivity contribution in [3.8, 4) is 34.4 Å². The summed E-state index contributed by atoms with van der Waals surface area (Å²) in [6.45, 7) is 0.0366. The summed E-state index contributed by atoms with van der Waals surface area (Å²) in [6, 6.07) is 14.6. The molecule has 0 fully saturated rings. The van der Waals surface area contributed by atoms with Crippen LogP contribution in [0.5, 0.6) is 23.0 Å². The Hall–Kier alpha value is -4.68. The summed E-state index contributed by atoms with van der Waals surface area (Å²) < 4.78 is 21.8. The van der Waals surface area contributed by atoms with E-state index in [4.69, 9.17) is 30.5 Å². The van der Waals surface area contributed by atoms with Gasteiger partial charge in [-0.2, -0.15) is 0 Å². The predicted molar refractivity (Wildman–Crippen MR) is 152 cm³/mol. The molecule has 3 aromatic carbocycles. The number of halogens is 1. The van der Waals surface area contributed by atoms with Gasteiger partial charge in [0.25, 0.3) is 0 Å². The fourth-order valence-corrected chi connectivity index (χ4v) is 4.64. The number of nitrogens with one attached hydrogen (secondary N) is 1. The number of aromatic carboxylic acids is 1. The molecule has 0 bridgehead atoms. The molecule has 1 aromatic heterocycles. The Morgan fingerprint density at radius 3 is 2.37 bits per heavy atom. The lowest BCUT2D eigenvalue weighted by atomic mass is 10.1. The van der Waals surface area contributed by atoms with Crippen LogP contribution in [0.2, 0.25) is 5.02 Å². The standard InChI is InChI=1S/C28H24ClN3O8S/c1-37-19-11-18(12-20(13-19)38-2)25-30-28(32-31-25)41-23(27(35)36)10-16-8-21(29)24(22(9-16)39-3)40-14-15-5-4-6-17(7-15)26(33)34/h4-13H,14H2,1-3H3,(H,33,34)(H,35,36)(H,30,31,32)/b23-10-. The van der Waals surface area contributed by atoms with Gasteiger partial charge in [0, 0.05) is 11.6 Å². The number of carboxylic acids is 2. The van der Waals surface area contributed by atoms with E-state index in [0.29, 0.717) is 34.0 Å². The highest BCUT2D eigenvalue weighted by molar-refractivity contribution is 8.04. The number of aliphatic carboxylic acids is 1. The molecule has 0 unspecified atom stereocenters. The number of aromatic nitrogens is 3. The quantitative estimate of drug-likeness (QED) is 0.137. The molecule has 4 rings (SSSR count). The first-order chi connectivity index (χ1) is 19.7. The molecular weight excluding hydrogens is 574 g/mol. The second-order valence-electron chi connectivity index (χ2n) is 8.31. The number of carbonyl (C=O) groups is 2. The molecule has 212 valence electrons. The maximum atomic E-state index is 12.1. The third kappa shape index (κ3) is 7.29. The highest BCUT2D eigenvalue weighted by Gasteiger charge is 2.18. The van der Waals surface area contributed by atoms with Crippen LogP contribution in [0, 0.1) is 0 Å². The van der Waals surface area contributed by atoms with Gasteiger partial charge < -0.3 is 29.2 Å².